The normalized spacial score (nSPS) is 18.0. The summed E-state index contributed by atoms with van der Waals surface area (Å²) in [6, 6.07) is 6.85. The lowest BCUT2D eigenvalue weighted by Gasteiger charge is -2.21. The van der Waals surface area contributed by atoms with Crippen LogP contribution in [0.25, 0.3) is 10.9 Å². The van der Waals surface area contributed by atoms with E-state index in [0.717, 1.165) is 19.0 Å². The molecule has 0 bridgehead atoms. The van der Waals surface area contributed by atoms with Crippen molar-refractivity contribution in [2.45, 2.75) is 64.8 Å². The summed E-state index contributed by atoms with van der Waals surface area (Å²) < 4.78 is 2.48. The van der Waals surface area contributed by atoms with Crippen molar-refractivity contribution in [3.8, 4) is 0 Å². The van der Waals surface area contributed by atoms with Gasteiger partial charge in [0.05, 0.1) is 0 Å². The first-order valence-corrected chi connectivity index (χ1v) is 8.98. The van der Waals surface area contributed by atoms with E-state index in [4.69, 9.17) is 5.73 Å². The van der Waals surface area contributed by atoms with Crippen LogP contribution in [0.1, 0.15) is 62.5 Å². The summed E-state index contributed by atoms with van der Waals surface area (Å²) in [6.07, 6.45) is 10.9. The van der Waals surface area contributed by atoms with Crippen molar-refractivity contribution in [2.75, 3.05) is 6.54 Å². The zero-order chi connectivity index (χ0) is 15.5. The molecule has 1 aromatic heterocycles. The Hall–Kier alpha value is -1.28. The molecule has 1 saturated carbocycles. The van der Waals surface area contributed by atoms with Crippen LogP contribution >= 0.6 is 0 Å². The number of aryl methyl sites for hydroxylation is 2. The number of hydrogen-bond donors (Lipinski definition) is 1. The molecule has 1 fully saturated rings. The molecule has 2 N–H and O–H groups in total. The minimum atomic E-state index is 0.431. The number of hydrogen-bond acceptors (Lipinski definition) is 1. The van der Waals surface area contributed by atoms with Crippen LogP contribution in [0.3, 0.4) is 0 Å². The Bertz CT molecular complexity index is 620. The van der Waals surface area contributed by atoms with Crippen molar-refractivity contribution >= 4 is 10.9 Å². The van der Waals surface area contributed by atoms with Crippen LogP contribution in [0, 0.1) is 12.8 Å². The van der Waals surface area contributed by atoms with E-state index in [1.165, 1.54) is 60.6 Å². The highest BCUT2D eigenvalue weighted by molar-refractivity contribution is 5.85. The molecular formula is C20H30N2. The van der Waals surface area contributed by atoms with Crippen molar-refractivity contribution in [3.05, 3.63) is 35.5 Å². The average molecular weight is 298 g/mol. The van der Waals surface area contributed by atoms with Crippen molar-refractivity contribution < 1.29 is 0 Å². The number of aromatic nitrogens is 1. The molecule has 1 atom stereocenters. The molecule has 22 heavy (non-hydrogen) atoms. The highest BCUT2D eigenvalue weighted by Gasteiger charge is 2.16. The monoisotopic (exact) mass is 298 g/mol. The standard InChI is InChI=1S/C20H30N2/c1-15-8-9-20-18(12-15)19(16(2)13-21)14-22(20)11-10-17-6-4-3-5-7-17/h8-9,12,14,16-17H,3-7,10-11,13,21H2,1-2H3. The van der Waals surface area contributed by atoms with E-state index in [2.05, 4.69) is 42.8 Å². The molecule has 0 radical (unpaired) electrons. The molecule has 0 saturated heterocycles. The fraction of sp³-hybridized carbons (Fsp3) is 0.600. The molecule has 1 aliphatic rings. The first-order valence-electron chi connectivity index (χ1n) is 8.98. The molecule has 3 rings (SSSR count). The van der Waals surface area contributed by atoms with Gasteiger partial charge in [-0.1, -0.05) is 50.7 Å². The van der Waals surface area contributed by atoms with Gasteiger partial charge >= 0.3 is 0 Å². The van der Waals surface area contributed by atoms with E-state index in [1.54, 1.807) is 0 Å². The third kappa shape index (κ3) is 3.22. The fourth-order valence-corrected chi connectivity index (χ4v) is 3.94. The Labute approximate surface area is 134 Å². The van der Waals surface area contributed by atoms with Crippen molar-refractivity contribution in [1.82, 2.24) is 4.57 Å². The molecule has 2 nitrogen and oxygen atoms in total. The SMILES string of the molecule is Cc1ccc2c(c1)c(C(C)CN)cn2CCC1CCCCC1. The summed E-state index contributed by atoms with van der Waals surface area (Å²) in [7, 11) is 0. The number of benzene rings is 1. The molecule has 1 heterocycles. The van der Waals surface area contributed by atoms with E-state index >= 15 is 0 Å². The first kappa shape index (κ1) is 15.6. The average Bonchev–Trinajstić information content (AvgIpc) is 2.91. The van der Waals surface area contributed by atoms with Gasteiger partial charge in [-0.05, 0) is 49.4 Å². The second-order valence-electron chi connectivity index (χ2n) is 7.23. The van der Waals surface area contributed by atoms with Crippen LogP contribution in [0.4, 0.5) is 0 Å². The van der Waals surface area contributed by atoms with Gasteiger partial charge in [-0.3, -0.25) is 0 Å². The third-order valence-corrected chi connectivity index (χ3v) is 5.45. The molecule has 1 aromatic carbocycles. The second kappa shape index (κ2) is 6.87. The maximum atomic E-state index is 5.92. The highest BCUT2D eigenvalue weighted by Crippen LogP contribution is 2.31. The molecular weight excluding hydrogens is 268 g/mol. The Kier molecular flexibility index (Phi) is 4.87. The lowest BCUT2D eigenvalue weighted by Crippen LogP contribution is -2.10. The summed E-state index contributed by atoms with van der Waals surface area (Å²) in [6.45, 7) is 6.29. The van der Waals surface area contributed by atoms with E-state index in [-0.39, 0.29) is 0 Å². The topological polar surface area (TPSA) is 30.9 Å². The quantitative estimate of drug-likeness (QED) is 0.829. The van der Waals surface area contributed by atoms with Crippen molar-refractivity contribution in [3.63, 3.8) is 0 Å². The molecule has 1 unspecified atom stereocenters. The predicted molar refractivity (Wildman–Crippen MR) is 95.3 cm³/mol. The Balaban J connectivity index is 1.85. The minimum absolute atomic E-state index is 0.431. The third-order valence-electron chi connectivity index (χ3n) is 5.45. The largest absolute Gasteiger partial charge is 0.347 e. The number of nitrogens with zero attached hydrogens (tertiary/aromatic N) is 1. The smallest absolute Gasteiger partial charge is 0.0483 e. The summed E-state index contributed by atoms with van der Waals surface area (Å²) in [5.41, 5.74) is 10.1. The Morgan fingerprint density at radius 2 is 2.00 bits per heavy atom. The van der Waals surface area contributed by atoms with Crippen LogP contribution in [-0.4, -0.2) is 11.1 Å². The Morgan fingerprint density at radius 3 is 2.73 bits per heavy atom. The number of nitrogens with two attached hydrogens (primary N) is 1. The lowest BCUT2D eigenvalue weighted by molar-refractivity contribution is 0.325. The van der Waals surface area contributed by atoms with Gasteiger partial charge in [0.2, 0.25) is 0 Å². The van der Waals surface area contributed by atoms with Gasteiger partial charge in [0.1, 0.15) is 0 Å². The summed E-state index contributed by atoms with van der Waals surface area (Å²) in [5.74, 6) is 1.37. The van der Waals surface area contributed by atoms with Gasteiger partial charge in [-0.25, -0.2) is 0 Å². The molecule has 120 valence electrons. The highest BCUT2D eigenvalue weighted by atomic mass is 15.0. The van der Waals surface area contributed by atoms with Gasteiger partial charge in [0, 0.05) is 23.6 Å². The maximum absolute atomic E-state index is 5.92. The van der Waals surface area contributed by atoms with Crippen LogP contribution < -0.4 is 5.73 Å². The molecule has 0 amide bonds. The van der Waals surface area contributed by atoms with Crippen molar-refractivity contribution in [2.24, 2.45) is 11.7 Å². The number of fused-ring (bicyclic) bond motifs is 1. The van der Waals surface area contributed by atoms with Gasteiger partial charge in [-0.2, -0.15) is 0 Å². The molecule has 0 aliphatic heterocycles. The maximum Gasteiger partial charge on any atom is 0.0483 e. The first-order chi connectivity index (χ1) is 10.7. The van der Waals surface area contributed by atoms with Gasteiger partial charge in [0.15, 0.2) is 0 Å². The molecule has 2 heteroatoms. The second-order valence-corrected chi connectivity index (χ2v) is 7.23. The van der Waals surface area contributed by atoms with Crippen LogP contribution in [0.2, 0.25) is 0 Å². The zero-order valence-electron chi connectivity index (χ0n) is 14.1. The molecule has 0 spiro atoms. The van der Waals surface area contributed by atoms with Gasteiger partial charge in [0.25, 0.3) is 0 Å². The van der Waals surface area contributed by atoms with Crippen molar-refractivity contribution in [1.29, 1.82) is 0 Å². The van der Waals surface area contributed by atoms with Gasteiger partial charge < -0.3 is 10.3 Å². The molecule has 1 aliphatic carbocycles. The van der Waals surface area contributed by atoms with Gasteiger partial charge in [-0.15, -0.1) is 0 Å². The van der Waals surface area contributed by atoms with E-state index in [1.807, 2.05) is 0 Å². The van der Waals surface area contributed by atoms with E-state index in [0.29, 0.717) is 5.92 Å². The summed E-state index contributed by atoms with van der Waals surface area (Å²) >= 11 is 0. The van der Waals surface area contributed by atoms with E-state index in [9.17, 15) is 0 Å². The minimum Gasteiger partial charge on any atom is -0.347 e. The van der Waals surface area contributed by atoms with Crippen LogP contribution in [0.15, 0.2) is 24.4 Å². The number of rotatable bonds is 5. The summed E-state index contributed by atoms with van der Waals surface area (Å²) in [4.78, 5) is 0. The fourth-order valence-electron chi connectivity index (χ4n) is 3.94. The van der Waals surface area contributed by atoms with E-state index < -0.39 is 0 Å². The van der Waals surface area contributed by atoms with Crippen LogP contribution in [0.5, 0.6) is 0 Å². The van der Waals surface area contributed by atoms with Crippen LogP contribution in [-0.2, 0) is 6.54 Å². The zero-order valence-corrected chi connectivity index (χ0v) is 14.1. The summed E-state index contributed by atoms with van der Waals surface area (Å²) in [5, 5.41) is 1.40. The lowest BCUT2D eigenvalue weighted by atomic mass is 9.87. The Morgan fingerprint density at radius 1 is 1.23 bits per heavy atom. The molecule has 2 aromatic rings. The predicted octanol–water partition coefficient (Wildman–Crippen LogP) is 4.98.